The fourth-order valence-corrected chi connectivity index (χ4v) is 3.48. The molecule has 2 heterocycles. The van der Waals surface area contributed by atoms with Crippen LogP contribution in [-0.2, 0) is 6.18 Å². The molecule has 2 aromatic rings. The van der Waals surface area contributed by atoms with E-state index >= 15 is 0 Å². The molecule has 0 amide bonds. The van der Waals surface area contributed by atoms with Crippen molar-refractivity contribution in [3.05, 3.63) is 54.1 Å². The van der Waals surface area contributed by atoms with Crippen molar-refractivity contribution in [2.75, 3.05) is 16.8 Å². The van der Waals surface area contributed by atoms with Crippen molar-refractivity contribution in [2.24, 2.45) is 0 Å². The maximum atomic E-state index is 13.0. The highest BCUT2D eigenvalue weighted by molar-refractivity contribution is 7.99. The summed E-state index contributed by atoms with van der Waals surface area (Å²) in [6.45, 7) is 0. The second-order valence-electron chi connectivity index (χ2n) is 5.26. The summed E-state index contributed by atoms with van der Waals surface area (Å²) in [5, 5.41) is 11.9. The van der Waals surface area contributed by atoms with Gasteiger partial charge < -0.3 is 9.88 Å². The topological polar surface area (TPSA) is 53.6 Å². The predicted octanol–water partition coefficient (Wildman–Crippen LogP) is 3.84. The van der Waals surface area contributed by atoms with Crippen LogP contribution in [0.25, 0.3) is 5.70 Å². The molecule has 1 aromatic heterocycles. The van der Waals surface area contributed by atoms with E-state index in [9.17, 15) is 13.2 Å². The largest absolute Gasteiger partial charge is 0.417 e. The van der Waals surface area contributed by atoms with Crippen molar-refractivity contribution in [3.8, 4) is 6.07 Å². The van der Waals surface area contributed by atoms with Crippen molar-refractivity contribution in [2.45, 2.75) is 12.2 Å². The Labute approximate surface area is 141 Å². The molecule has 1 aliphatic rings. The first-order valence-corrected chi connectivity index (χ1v) is 8.27. The van der Waals surface area contributed by atoms with Gasteiger partial charge in [-0.2, -0.15) is 30.2 Å². The van der Waals surface area contributed by atoms with Gasteiger partial charge >= 0.3 is 6.18 Å². The number of aromatic nitrogens is 2. The zero-order valence-electron chi connectivity index (χ0n) is 12.4. The number of hydrogen-bond donors (Lipinski definition) is 1. The minimum atomic E-state index is -4.55. The van der Waals surface area contributed by atoms with Crippen molar-refractivity contribution >= 4 is 23.1 Å². The quantitative estimate of drug-likeness (QED) is 0.914. The molecule has 0 fully saturated rings. The Kier molecular flexibility index (Phi) is 4.53. The maximum absolute atomic E-state index is 13.0. The van der Waals surface area contributed by atoms with Gasteiger partial charge in [0, 0.05) is 35.3 Å². The first-order chi connectivity index (χ1) is 11.5. The van der Waals surface area contributed by atoms with E-state index in [-0.39, 0.29) is 11.6 Å². The van der Waals surface area contributed by atoms with Gasteiger partial charge in [-0.1, -0.05) is 0 Å². The van der Waals surface area contributed by atoms with E-state index in [1.165, 1.54) is 12.1 Å². The second-order valence-corrected chi connectivity index (χ2v) is 6.29. The van der Waals surface area contributed by atoms with Crippen LogP contribution in [-0.4, -0.2) is 27.1 Å². The average Bonchev–Trinajstić information content (AvgIpc) is 3.09. The molecule has 0 saturated heterocycles. The van der Waals surface area contributed by atoms with E-state index in [1.54, 1.807) is 30.4 Å². The Balaban J connectivity index is 1.84. The van der Waals surface area contributed by atoms with Gasteiger partial charge in [0.1, 0.15) is 0 Å². The lowest BCUT2D eigenvalue weighted by Gasteiger charge is -2.23. The standard InChI is InChI=1S/C16H13F3N4S/c17-16(18,19)15-6-12(2-1-11(15)7-20)22-13-5-14(9-24-8-13)23-4-3-21-10-23/h1-6,10,13,22H,8-9H2. The number of anilines is 1. The second kappa shape index (κ2) is 6.61. The lowest BCUT2D eigenvalue weighted by molar-refractivity contribution is -0.137. The molecule has 0 spiro atoms. The Bertz CT molecular complexity index is 791. The molecule has 1 aliphatic heterocycles. The molecule has 4 nitrogen and oxygen atoms in total. The van der Waals surface area contributed by atoms with Gasteiger partial charge in [-0.3, -0.25) is 0 Å². The van der Waals surface area contributed by atoms with Gasteiger partial charge in [0.2, 0.25) is 0 Å². The van der Waals surface area contributed by atoms with Crippen LogP contribution in [0.5, 0.6) is 0 Å². The SMILES string of the molecule is N#Cc1ccc(NC2C=C(n3ccnc3)CSC2)cc1C(F)(F)F. The van der Waals surface area contributed by atoms with Crippen molar-refractivity contribution in [3.63, 3.8) is 0 Å². The van der Waals surface area contributed by atoms with Crippen molar-refractivity contribution in [1.82, 2.24) is 9.55 Å². The first kappa shape index (κ1) is 16.5. The lowest BCUT2D eigenvalue weighted by atomic mass is 10.1. The minimum absolute atomic E-state index is 0.102. The number of hydrogen-bond acceptors (Lipinski definition) is 4. The van der Waals surface area contributed by atoms with Gasteiger partial charge in [0.25, 0.3) is 0 Å². The Hall–Kier alpha value is -2.40. The molecule has 0 bridgehead atoms. The zero-order valence-corrected chi connectivity index (χ0v) is 13.2. The number of nitrogens with zero attached hydrogens (tertiary/aromatic N) is 3. The Morgan fingerprint density at radius 3 is 2.88 bits per heavy atom. The van der Waals surface area contributed by atoms with Gasteiger partial charge in [-0.05, 0) is 24.3 Å². The fraction of sp³-hybridized carbons (Fsp3) is 0.250. The molecule has 1 unspecified atom stereocenters. The highest BCUT2D eigenvalue weighted by Gasteiger charge is 2.34. The molecule has 24 heavy (non-hydrogen) atoms. The lowest BCUT2D eigenvalue weighted by Crippen LogP contribution is -2.25. The monoisotopic (exact) mass is 350 g/mol. The Morgan fingerprint density at radius 2 is 2.21 bits per heavy atom. The van der Waals surface area contributed by atoms with E-state index in [0.29, 0.717) is 5.69 Å². The zero-order chi connectivity index (χ0) is 17.2. The number of nitriles is 1. The number of rotatable bonds is 3. The molecule has 0 radical (unpaired) electrons. The number of nitrogens with one attached hydrogen (secondary N) is 1. The van der Waals surface area contributed by atoms with Crippen LogP contribution in [0.1, 0.15) is 11.1 Å². The van der Waals surface area contributed by atoms with Crippen LogP contribution in [0.15, 0.2) is 43.0 Å². The normalized spacial score (nSPS) is 17.9. The fourth-order valence-electron chi connectivity index (χ4n) is 2.47. The summed E-state index contributed by atoms with van der Waals surface area (Å²) in [5.74, 6) is 1.56. The molecule has 124 valence electrons. The number of imidazole rings is 1. The van der Waals surface area contributed by atoms with Crippen LogP contribution in [0.2, 0.25) is 0 Å². The first-order valence-electron chi connectivity index (χ1n) is 7.12. The third kappa shape index (κ3) is 3.57. The van der Waals surface area contributed by atoms with E-state index < -0.39 is 11.7 Å². The minimum Gasteiger partial charge on any atom is -0.378 e. The third-order valence-corrected chi connectivity index (χ3v) is 4.67. The molecular formula is C16H13F3N4S. The highest BCUT2D eigenvalue weighted by atomic mass is 32.2. The van der Waals surface area contributed by atoms with Gasteiger partial charge in [-0.25, -0.2) is 4.98 Å². The van der Waals surface area contributed by atoms with Crippen LogP contribution in [0.4, 0.5) is 18.9 Å². The molecule has 1 aromatic carbocycles. The summed E-state index contributed by atoms with van der Waals surface area (Å²) in [6, 6.07) is 5.17. The van der Waals surface area contributed by atoms with Gasteiger partial charge in [-0.15, -0.1) is 0 Å². The average molecular weight is 350 g/mol. The van der Waals surface area contributed by atoms with E-state index in [4.69, 9.17) is 5.26 Å². The van der Waals surface area contributed by atoms with E-state index in [2.05, 4.69) is 10.3 Å². The third-order valence-electron chi connectivity index (χ3n) is 3.57. The molecule has 8 heteroatoms. The summed E-state index contributed by atoms with van der Waals surface area (Å²) < 4.78 is 41.0. The van der Waals surface area contributed by atoms with Crippen LogP contribution < -0.4 is 5.32 Å². The van der Waals surface area contributed by atoms with E-state index in [0.717, 1.165) is 23.3 Å². The van der Waals surface area contributed by atoms with Crippen LogP contribution >= 0.6 is 11.8 Å². The summed E-state index contributed by atoms with van der Waals surface area (Å²) in [4.78, 5) is 4.00. The van der Waals surface area contributed by atoms with Crippen molar-refractivity contribution in [1.29, 1.82) is 5.26 Å². The number of thioether (sulfide) groups is 1. The summed E-state index contributed by atoms with van der Waals surface area (Å²) >= 11 is 1.69. The summed E-state index contributed by atoms with van der Waals surface area (Å²) in [5.41, 5.74) is 0.0824. The van der Waals surface area contributed by atoms with Crippen LogP contribution in [0, 0.1) is 11.3 Å². The molecule has 3 rings (SSSR count). The number of alkyl halides is 3. The highest BCUT2D eigenvalue weighted by Crippen LogP contribution is 2.34. The molecular weight excluding hydrogens is 337 g/mol. The molecule has 0 aliphatic carbocycles. The maximum Gasteiger partial charge on any atom is 0.417 e. The smallest absolute Gasteiger partial charge is 0.378 e. The van der Waals surface area contributed by atoms with Gasteiger partial charge in [0.05, 0.1) is 29.6 Å². The molecule has 1 N–H and O–H groups in total. The summed E-state index contributed by atoms with van der Waals surface area (Å²) in [7, 11) is 0. The van der Waals surface area contributed by atoms with E-state index in [1.807, 2.05) is 16.8 Å². The number of halogens is 3. The summed E-state index contributed by atoms with van der Waals surface area (Å²) in [6.07, 6.45) is 2.64. The molecule has 1 atom stereocenters. The number of benzene rings is 1. The van der Waals surface area contributed by atoms with Gasteiger partial charge in [0.15, 0.2) is 0 Å². The molecule has 0 saturated carbocycles. The van der Waals surface area contributed by atoms with Crippen molar-refractivity contribution < 1.29 is 13.2 Å². The van der Waals surface area contributed by atoms with Crippen LogP contribution in [0.3, 0.4) is 0 Å². The predicted molar refractivity (Wildman–Crippen MR) is 87.4 cm³/mol. The Morgan fingerprint density at radius 1 is 1.38 bits per heavy atom.